The highest BCUT2D eigenvalue weighted by atomic mass is 19.4. The van der Waals surface area contributed by atoms with Crippen LogP contribution in [0.25, 0.3) is 0 Å². The van der Waals surface area contributed by atoms with Crippen LogP contribution in [-0.4, -0.2) is 31.8 Å². The first-order valence-electron chi connectivity index (χ1n) is 6.72. The minimum absolute atomic E-state index is 0.201. The van der Waals surface area contributed by atoms with Crippen molar-refractivity contribution in [3.8, 4) is 0 Å². The molecule has 0 saturated heterocycles. The van der Waals surface area contributed by atoms with Gasteiger partial charge >= 0.3 is 11.9 Å². The van der Waals surface area contributed by atoms with E-state index in [9.17, 15) is 22.8 Å². The zero-order chi connectivity index (χ0) is 16.8. The quantitative estimate of drug-likeness (QED) is 0.809. The van der Waals surface area contributed by atoms with Crippen molar-refractivity contribution in [1.29, 1.82) is 0 Å². The number of alkyl halides is 3. The molecule has 3 rings (SSSR count). The maximum atomic E-state index is 12.7. The number of aromatic nitrogens is 4. The predicted molar refractivity (Wildman–Crippen MR) is 72.8 cm³/mol. The van der Waals surface area contributed by atoms with Gasteiger partial charge in [-0.15, -0.1) is 0 Å². The molecular formula is C13H12F3N5O2. The highest BCUT2D eigenvalue weighted by molar-refractivity contribution is 5.94. The highest BCUT2D eigenvalue weighted by Crippen LogP contribution is 2.33. The average Bonchev–Trinajstić information content (AvgIpc) is 3.04. The number of halogens is 3. The summed E-state index contributed by atoms with van der Waals surface area (Å²) in [6.07, 6.45) is -2.20. The van der Waals surface area contributed by atoms with E-state index in [1.54, 1.807) is 0 Å². The number of carbonyl (C=O) groups excluding carboxylic acids is 1. The molecular weight excluding hydrogens is 315 g/mol. The van der Waals surface area contributed by atoms with E-state index < -0.39 is 23.3 Å². The Morgan fingerprint density at radius 1 is 1.39 bits per heavy atom. The monoisotopic (exact) mass is 327 g/mol. The van der Waals surface area contributed by atoms with Crippen LogP contribution in [0.3, 0.4) is 0 Å². The average molecular weight is 327 g/mol. The lowest BCUT2D eigenvalue weighted by Crippen LogP contribution is -2.36. The normalized spacial score (nSPS) is 14.2. The van der Waals surface area contributed by atoms with Gasteiger partial charge < -0.3 is 0 Å². The van der Waals surface area contributed by atoms with E-state index in [1.807, 2.05) is 0 Å². The summed E-state index contributed by atoms with van der Waals surface area (Å²) in [6.45, 7) is -0.0636. The molecule has 0 bridgehead atoms. The highest BCUT2D eigenvalue weighted by Gasteiger charge is 2.34. The van der Waals surface area contributed by atoms with E-state index in [0.29, 0.717) is 11.8 Å². The molecule has 3 heterocycles. The smallest absolute Gasteiger partial charge is 0.295 e. The largest absolute Gasteiger partial charge is 0.417 e. The number of amides is 1. The van der Waals surface area contributed by atoms with Crippen molar-refractivity contribution in [2.45, 2.75) is 19.1 Å². The second kappa shape index (κ2) is 5.21. The molecule has 2 aromatic heterocycles. The molecule has 1 aliphatic rings. The Balaban J connectivity index is 1.83. The molecule has 0 unspecified atom stereocenters. The van der Waals surface area contributed by atoms with E-state index in [0.717, 1.165) is 10.7 Å². The fourth-order valence-corrected chi connectivity index (χ4v) is 2.41. The standard InChI is InChI=1S/C13H12F3N5O2/c1-19-7-18-21(12(19)23)6-10(22)20-3-2-8-4-9(13(14,15)16)5-17-11(8)20/h4-5,7H,2-3,6H2,1H3. The molecule has 2 aromatic rings. The van der Waals surface area contributed by atoms with Crippen LogP contribution in [0.15, 0.2) is 23.4 Å². The molecule has 10 heteroatoms. The van der Waals surface area contributed by atoms with E-state index in [-0.39, 0.29) is 25.3 Å². The third-order valence-corrected chi connectivity index (χ3v) is 3.60. The molecule has 7 nitrogen and oxygen atoms in total. The van der Waals surface area contributed by atoms with Crippen LogP contribution < -0.4 is 10.6 Å². The number of aryl methyl sites for hydroxylation is 1. The first-order valence-corrected chi connectivity index (χ1v) is 6.72. The molecule has 23 heavy (non-hydrogen) atoms. The zero-order valence-electron chi connectivity index (χ0n) is 12.0. The number of nitrogens with zero attached hydrogens (tertiary/aromatic N) is 5. The lowest BCUT2D eigenvalue weighted by atomic mass is 10.1. The minimum atomic E-state index is -4.47. The van der Waals surface area contributed by atoms with Crippen LogP contribution >= 0.6 is 0 Å². The number of rotatable bonds is 2. The predicted octanol–water partition coefficient (Wildman–Crippen LogP) is 0.585. The number of carbonyl (C=O) groups is 1. The van der Waals surface area contributed by atoms with Gasteiger partial charge in [0.1, 0.15) is 18.7 Å². The van der Waals surface area contributed by atoms with Gasteiger partial charge in [0.05, 0.1) is 5.56 Å². The Morgan fingerprint density at radius 3 is 2.74 bits per heavy atom. The van der Waals surface area contributed by atoms with Gasteiger partial charge in [-0.2, -0.15) is 18.3 Å². The summed E-state index contributed by atoms with van der Waals surface area (Å²) in [5.74, 6) is -0.246. The summed E-state index contributed by atoms with van der Waals surface area (Å²) in [5, 5.41) is 3.78. The van der Waals surface area contributed by atoms with E-state index >= 15 is 0 Å². The number of hydrogen-bond acceptors (Lipinski definition) is 4. The maximum Gasteiger partial charge on any atom is 0.417 e. The molecule has 1 amide bonds. The molecule has 1 aliphatic heterocycles. The molecule has 0 fully saturated rings. The van der Waals surface area contributed by atoms with Crippen molar-refractivity contribution >= 4 is 11.7 Å². The van der Waals surface area contributed by atoms with Crippen LogP contribution in [0.2, 0.25) is 0 Å². The van der Waals surface area contributed by atoms with Crippen LogP contribution in [0.5, 0.6) is 0 Å². The van der Waals surface area contributed by atoms with Crippen molar-refractivity contribution in [2.24, 2.45) is 7.05 Å². The van der Waals surface area contributed by atoms with Crippen LogP contribution in [0, 0.1) is 0 Å². The molecule has 0 radical (unpaired) electrons. The Labute approximate surface area is 128 Å². The van der Waals surface area contributed by atoms with Crippen molar-refractivity contribution in [3.05, 3.63) is 40.2 Å². The number of hydrogen-bond donors (Lipinski definition) is 0. The Morgan fingerprint density at radius 2 is 2.13 bits per heavy atom. The van der Waals surface area contributed by atoms with Gasteiger partial charge in [0.15, 0.2) is 0 Å². The molecule has 0 saturated carbocycles. The summed E-state index contributed by atoms with van der Waals surface area (Å²) in [7, 11) is 1.50. The van der Waals surface area contributed by atoms with E-state index in [2.05, 4.69) is 10.1 Å². The molecule has 0 aromatic carbocycles. The van der Waals surface area contributed by atoms with Crippen LogP contribution in [0.4, 0.5) is 19.0 Å². The second-order valence-corrected chi connectivity index (χ2v) is 5.18. The summed E-state index contributed by atoms with van der Waals surface area (Å²) in [4.78, 5) is 29.0. The first-order chi connectivity index (χ1) is 10.8. The summed E-state index contributed by atoms with van der Waals surface area (Å²) >= 11 is 0. The van der Waals surface area contributed by atoms with Gasteiger partial charge in [-0.1, -0.05) is 0 Å². The minimum Gasteiger partial charge on any atom is -0.295 e. The molecule has 0 spiro atoms. The summed E-state index contributed by atoms with van der Waals surface area (Å²) in [5.41, 5.74) is -0.925. The summed E-state index contributed by atoms with van der Waals surface area (Å²) < 4.78 is 40.2. The SMILES string of the molecule is Cn1cnn(CC(=O)N2CCc3cc(C(F)(F)F)cnc32)c1=O. The third-order valence-electron chi connectivity index (χ3n) is 3.60. The maximum absolute atomic E-state index is 12.7. The molecule has 0 aliphatic carbocycles. The van der Waals surface area contributed by atoms with Gasteiger partial charge in [0.2, 0.25) is 5.91 Å². The second-order valence-electron chi connectivity index (χ2n) is 5.18. The van der Waals surface area contributed by atoms with Crippen molar-refractivity contribution in [1.82, 2.24) is 19.3 Å². The third kappa shape index (κ3) is 2.71. The zero-order valence-corrected chi connectivity index (χ0v) is 12.0. The van der Waals surface area contributed by atoms with Crippen LogP contribution in [-0.2, 0) is 31.0 Å². The Hall–Kier alpha value is -2.65. The first kappa shape index (κ1) is 15.3. The fourth-order valence-electron chi connectivity index (χ4n) is 2.41. The number of fused-ring (bicyclic) bond motifs is 1. The van der Waals surface area contributed by atoms with Gasteiger partial charge in [0, 0.05) is 19.8 Å². The molecule has 122 valence electrons. The molecule has 0 atom stereocenters. The van der Waals surface area contributed by atoms with Crippen molar-refractivity contribution in [3.63, 3.8) is 0 Å². The Bertz CT molecular complexity index is 824. The van der Waals surface area contributed by atoms with Gasteiger partial charge in [-0.3, -0.25) is 14.3 Å². The molecule has 0 N–H and O–H groups in total. The van der Waals surface area contributed by atoms with Gasteiger partial charge in [0.25, 0.3) is 0 Å². The van der Waals surface area contributed by atoms with Crippen LogP contribution in [0.1, 0.15) is 11.1 Å². The van der Waals surface area contributed by atoms with Crippen molar-refractivity contribution in [2.75, 3.05) is 11.4 Å². The van der Waals surface area contributed by atoms with E-state index in [1.165, 1.54) is 22.8 Å². The van der Waals surface area contributed by atoms with E-state index in [4.69, 9.17) is 0 Å². The number of pyridine rings is 1. The topological polar surface area (TPSA) is 73.0 Å². The fraction of sp³-hybridized carbons (Fsp3) is 0.385. The van der Waals surface area contributed by atoms with Gasteiger partial charge in [-0.05, 0) is 18.1 Å². The van der Waals surface area contributed by atoms with Gasteiger partial charge in [-0.25, -0.2) is 14.5 Å². The lowest BCUT2D eigenvalue weighted by Gasteiger charge is -2.16. The lowest BCUT2D eigenvalue weighted by molar-refractivity contribution is -0.137. The van der Waals surface area contributed by atoms with Crippen molar-refractivity contribution < 1.29 is 18.0 Å². The summed E-state index contributed by atoms with van der Waals surface area (Å²) in [6, 6.07) is 1.00. The number of anilines is 1. The Kier molecular flexibility index (Phi) is 3.46.